The van der Waals surface area contributed by atoms with Crippen molar-refractivity contribution >= 4 is 88.6 Å². The van der Waals surface area contributed by atoms with E-state index in [2.05, 4.69) is 211 Å². The molecule has 0 unspecified atom stereocenters. The Hall–Kier alpha value is -8.80. The van der Waals surface area contributed by atoms with Crippen molar-refractivity contribution in [3.05, 3.63) is 218 Å². The van der Waals surface area contributed by atoms with Gasteiger partial charge in [0.1, 0.15) is 11.2 Å². The van der Waals surface area contributed by atoms with Crippen LogP contribution in [0.15, 0.2) is 211 Å². The zero-order valence-corrected chi connectivity index (χ0v) is 36.1. The second-order valence-corrected chi connectivity index (χ2v) is 16.9. The molecule has 0 saturated heterocycles. The number of hydrogen-bond donors (Lipinski definition) is 0. The first-order valence-corrected chi connectivity index (χ1v) is 22.4. The highest BCUT2D eigenvalue weighted by atomic mass is 16.3. The number of fused-ring (bicyclic) bond motifs is 11. The van der Waals surface area contributed by atoms with Gasteiger partial charge in [-0.1, -0.05) is 152 Å². The van der Waals surface area contributed by atoms with E-state index >= 15 is 0 Å². The standard InChI is InChI=1S/C61H40N4O/c1-3-17-40-29-31-52-57(45(40)4-2)59-54(64(52)44-35-42(38-18-7-5-8-19-38)34-43(36-44)39-20-9-6-10-21-39)33-32-53-58(59)49-24-12-15-26-51(49)65(53)61-62-50-25-14-11-23-48(50)60(63-61)41-28-30-47-46-22-13-16-27-55(46)66-56(47)37-41/h3-37H,2H2,1H3/b17-3-. The van der Waals surface area contributed by atoms with Crippen molar-refractivity contribution in [3.63, 3.8) is 0 Å². The van der Waals surface area contributed by atoms with Crippen molar-refractivity contribution in [3.8, 4) is 45.1 Å². The monoisotopic (exact) mass is 844 g/mol. The lowest BCUT2D eigenvalue weighted by Gasteiger charge is -2.14. The zero-order valence-electron chi connectivity index (χ0n) is 36.1. The van der Waals surface area contributed by atoms with Gasteiger partial charge in [-0.05, 0) is 107 Å². The summed E-state index contributed by atoms with van der Waals surface area (Å²) in [5.74, 6) is 0.601. The van der Waals surface area contributed by atoms with Gasteiger partial charge in [0.2, 0.25) is 5.95 Å². The molecule has 0 radical (unpaired) electrons. The lowest BCUT2D eigenvalue weighted by molar-refractivity contribution is 0.669. The highest BCUT2D eigenvalue weighted by Crippen LogP contribution is 2.45. The van der Waals surface area contributed by atoms with E-state index in [1.807, 2.05) is 24.3 Å². The molecule has 0 aliphatic heterocycles. The Kier molecular flexibility index (Phi) is 8.52. The van der Waals surface area contributed by atoms with Gasteiger partial charge in [-0.25, -0.2) is 9.97 Å². The Balaban J connectivity index is 1.12. The number of hydrogen-bond acceptors (Lipinski definition) is 3. The van der Waals surface area contributed by atoms with Crippen LogP contribution in [0.1, 0.15) is 18.1 Å². The SMILES string of the molecule is C=Cc1c(/C=C\C)ccc2c1c1c3c4ccccc4n(-c4nc(-c5ccc6c(c5)oc5ccccc56)c5ccccc5n4)c3ccc1n2-c1cc(-c2ccccc2)cc(-c2ccccc2)c1. The summed E-state index contributed by atoms with van der Waals surface area (Å²) in [6, 6.07) is 68.9. The fraction of sp³-hybridized carbons (Fsp3) is 0.0164. The van der Waals surface area contributed by atoms with Crippen LogP contribution in [0.25, 0.3) is 134 Å². The summed E-state index contributed by atoms with van der Waals surface area (Å²) in [5.41, 5.74) is 16.5. The molecule has 0 N–H and O–H groups in total. The van der Waals surface area contributed by atoms with Crippen molar-refractivity contribution in [2.24, 2.45) is 0 Å². The van der Waals surface area contributed by atoms with E-state index in [4.69, 9.17) is 14.4 Å². The molecule has 0 aliphatic carbocycles. The Labute approximate surface area is 380 Å². The van der Waals surface area contributed by atoms with Crippen LogP contribution in [0.5, 0.6) is 0 Å². The summed E-state index contributed by atoms with van der Waals surface area (Å²) in [6.07, 6.45) is 6.30. The minimum Gasteiger partial charge on any atom is -0.456 e. The van der Waals surface area contributed by atoms with Crippen LogP contribution < -0.4 is 0 Å². The molecule has 9 aromatic carbocycles. The van der Waals surface area contributed by atoms with E-state index in [9.17, 15) is 0 Å². The summed E-state index contributed by atoms with van der Waals surface area (Å²) in [5, 5.41) is 7.71. The number of rotatable bonds is 7. The molecule has 4 heterocycles. The Morgan fingerprint density at radius 1 is 0.455 bits per heavy atom. The minimum absolute atomic E-state index is 0.601. The van der Waals surface area contributed by atoms with E-state index in [0.29, 0.717) is 5.95 Å². The summed E-state index contributed by atoms with van der Waals surface area (Å²) >= 11 is 0. The van der Waals surface area contributed by atoms with E-state index in [1.54, 1.807) is 0 Å². The van der Waals surface area contributed by atoms with Gasteiger partial charge >= 0.3 is 0 Å². The number of allylic oxidation sites excluding steroid dienone is 1. The van der Waals surface area contributed by atoms with E-state index in [1.165, 1.54) is 0 Å². The second kappa shape index (κ2) is 14.9. The molecule has 310 valence electrons. The third-order valence-corrected chi connectivity index (χ3v) is 13.2. The quantitative estimate of drug-likeness (QED) is 0.161. The number of furan rings is 1. The largest absolute Gasteiger partial charge is 0.456 e. The molecule has 0 bridgehead atoms. The Bertz CT molecular complexity index is 4070. The lowest BCUT2D eigenvalue weighted by Crippen LogP contribution is -2.03. The maximum absolute atomic E-state index is 6.39. The number of aromatic nitrogens is 4. The molecule has 13 aromatic rings. The molecule has 5 nitrogen and oxygen atoms in total. The Morgan fingerprint density at radius 3 is 1.82 bits per heavy atom. The first kappa shape index (κ1) is 37.7. The van der Waals surface area contributed by atoms with Crippen molar-refractivity contribution in [1.29, 1.82) is 0 Å². The van der Waals surface area contributed by atoms with Crippen molar-refractivity contribution < 1.29 is 4.42 Å². The average molecular weight is 845 g/mol. The summed E-state index contributed by atoms with van der Waals surface area (Å²) in [7, 11) is 0. The predicted molar refractivity (Wildman–Crippen MR) is 277 cm³/mol. The van der Waals surface area contributed by atoms with Gasteiger partial charge in [-0.3, -0.25) is 4.57 Å². The highest BCUT2D eigenvalue weighted by molar-refractivity contribution is 6.30. The van der Waals surface area contributed by atoms with Gasteiger partial charge in [-0.2, -0.15) is 0 Å². The van der Waals surface area contributed by atoms with Crippen LogP contribution >= 0.6 is 0 Å². The molecule has 0 fully saturated rings. The van der Waals surface area contributed by atoms with E-state index in [-0.39, 0.29) is 0 Å². The molecule has 5 heteroatoms. The van der Waals surface area contributed by atoms with E-state index in [0.717, 1.165) is 127 Å². The topological polar surface area (TPSA) is 48.8 Å². The smallest absolute Gasteiger partial charge is 0.235 e. The van der Waals surface area contributed by atoms with Gasteiger partial charge in [0.15, 0.2) is 0 Å². The fourth-order valence-electron chi connectivity index (χ4n) is 10.3. The first-order valence-electron chi connectivity index (χ1n) is 22.4. The van der Waals surface area contributed by atoms with E-state index < -0.39 is 0 Å². The van der Waals surface area contributed by atoms with Crippen molar-refractivity contribution in [2.45, 2.75) is 6.92 Å². The third-order valence-electron chi connectivity index (χ3n) is 13.2. The normalized spacial score (nSPS) is 12.0. The van der Waals surface area contributed by atoms with Gasteiger partial charge in [0.05, 0.1) is 33.3 Å². The van der Waals surface area contributed by atoms with Crippen molar-refractivity contribution in [1.82, 2.24) is 19.1 Å². The van der Waals surface area contributed by atoms with Crippen LogP contribution in [-0.4, -0.2) is 19.1 Å². The predicted octanol–water partition coefficient (Wildman–Crippen LogP) is 16.4. The molecule has 0 aliphatic rings. The average Bonchev–Trinajstić information content (AvgIpc) is 4.04. The highest BCUT2D eigenvalue weighted by Gasteiger charge is 2.25. The minimum atomic E-state index is 0.601. The number of para-hydroxylation sites is 3. The number of nitrogens with zero attached hydrogens (tertiary/aromatic N) is 4. The summed E-state index contributed by atoms with van der Waals surface area (Å²) in [6.45, 7) is 6.51. The van der Waals surface area contributed by atoms with Crippen molar-refractivity contribution in [2.75, 3.05) is 0 Å². The van der Waals surface area contributed by atoms with Gasteiger partial charge < -0.3 is 8.98 Å². The van der Waals surface area contributed by atoms with Gasteiger partial charge in [-0.15, -0.1) is 0 Å². The van der Waals surface area contributed by atoms with Gasteiger partial charge in [0, 0.05) is 49.0 Å². The van der Waals surface area contributed by atoms with Crippen LogP contribution in [-0.2, 0) is 0 Å². The molecule has 0 atom stereocenters. The summed E-state index contributed by atoms with van der Waals surface area (Å²) in [4.78, 5) is 10.8. The molecule has 0 spiro atoms. The summed E-state index contributed by atoms with van der Waals surface area (Å²) < 4.78 is 11.1. The molecule has 4 aromatic heterocycles. The lowest BCUT2D eigenvalue weighted by atomic mass is 9.97. The number of benzene rings is 9. The Morgan fingerprint density at radius 2 is 1.08 bits per heavy atom. The third kappa shape index (κ3) is 5.73. The second-order valence-electron chi connectivity index (χ2n) is 16.9. The molecule has 13 rings (SSSR count). The zero-order chi connectivity index (χ0) is 43.9. The molecule has 66 heavy (non-hydrogen) atoms. The maximum Gasteiger partial charge on any atom is 0.235 e. The van der Waals surface area contributed by atoms with Crippen LogP contribution in [0, 0.1) is 0 Å². The van der Waals surface area contributed by atoms with Crippen LogP contribution in [0.2, 0.25) is 0 Å². The first-order chi connectivity index (χ1) is 32.6. The van der Waals surface area contributed by atoms with Gasteiger partial charge in [0.25, 0.3) is 0 Å². The molecule has 0 saturated carbocycles. The van der Waals surface area contributed by atoms with Crippen LogP contribution in [0.3, 0.4) is 0 Å². The molecule has 0 amide bonds. The molecular formula is C61H40N4O. The fourth-order valence-corrected chi connectivity index (χ4v) is 10.3. The maximum atomic E-state index is 6.39. The molecular weight excluding hydrogens is 805 g/mol. The van der Waals surface area contributed by atoms with Crippen LogP contribution in [0.4, 0.5) is 0 Å².